The van der Waals surface area contributed by atoms with Crippen molar-refractivity contribution in [3.05, 3.63) is 30.1 Å². The molecule has 1 aromatic rings. The smallest absolute Gasteiger partial charge is 0.207 e. The maximum atomic E-state index is 12.6. The minimum atomic E-state index is -1.46. The standard InChI is InChI=1S/C8H8FOPS/c9-7-2-1-3-8(6-7)11(10)4-5-12/h1-3,6H,4-5H2/p+1. The first-order valence-corrected chi connectivity index (χ1v) is 5.63. The molecule has 1 rings (SSSR count). The molecule has 4 heteroatoms. The van der Waals surface area contributed by atoms with Gasteiger partial charge in [0.05, 0.1) is 0 Å². The maximum Gasteiger partial charge on any atom is 0.377 e. The summed E-state index contributed by atoms with van der Waals surface area (Å²) in [4.78, 5) is 0. The van der Waals surface area contributed by atoms with Crippen LogP contribution in [0, 0.1) is 5.82 Å². The molecule has 1 atom stereocenters. The summed E-state index contributed by atoms with van der Waals surface area (Å²) >= 11 is 3.96. The van der Waals surface area contributed by atoms with Crippen LogP contribution in [-0.2, 0) is 4.57 Å². The molecule has 1 aromatic carbocycles. The molecular formula is C8H9FOPS+. The average molecular weight is 203 g/mol. The molecule has 0 aliphatic rings. The van der Waals surface area contributed by atoms with Gasteiger partial charge in [-0.2, -0.15) is 12.6 Å². The number of hydrogen-bond donors (Lipinski definition) is 1. The molecule has 0 spiro atoms. The van der Waals surface area contributed by atoms with Gasteiger partial charge in [0, 0.05) is 11.8 Å². The topological polar surface area (TPSA) is 17.1 Å². The minimum Gasteiger partial charge on any atom is -0.207 e. The fourth-order valence-electron chi connectivity index (χ4n) is 0.851. The first-order chi connectivity index (χ1) is 5.74. The van der Waals surface area contributed by atoms with Crippen LogP contribution in [-0.4, -0.2) is 11.9 Å². The van der Waals surface area contributed by atoms with E-state index in [0.29, 0.717) is 17.2 Å². The van der Waals surface area contributed by atoms with Crippen molar-refractivity contribution in [1.82, 2.24) is 0 Å². The Morgan fingerprint density at radius 3 is 2.83 bits per heavy atom. The summed E-state index contributed by atoms with van der Waals surface area (Å²) in [6.45, 7) is 0. The second-order valence-corrected chi connectivity index (χ2v) is 4.47. The zero-order valence-electron chi connectivity index (χ0n) is 6.40. The lowest BCUT2D eigenvalue weighted by Gasteiger charge is -1.87. The van der Waals surface area contributed by atoms with Gasteiger partial charge in [0.1, 0.15) is 5.82 Å². The highest BCUT2D eigenvalue weighted by atomic mass is 32.1. The van der Waals surface area contributed by atoms with Crippen molar-refractivity contribution >= 4 is 25.7 Å². The molecule has 0 saturated heterocycles. The summed E-state index contributed by atoms with van der Waals surface area (Å²) in [5.41, 5.74) is 0. The van der Waals surface area contributed by atoms with Crippen LogP contribution in [0.1, 0.15) is 0 Å². The predicted molar refractivity (Wildman–Crippen MR) is 52.4 cm³/mol. The second kappa shape index (κ2) is 4.58. The summed E-state index contributed by atoms with van der Waals surface area (Å²) in [6, 6.07) is 5.89. The van der Waals surface area contributed by atoms with Gasteiger partial charge in [-0.15, -0.1) is 0 Å². The van der Waals surface area contributed by atoms with E-state index in [0.717, 1.165) is 0 Å². The molecule has 0 radical (unpaired) electrons. The van der Waals surface area contributed by atoms with Gasteiger partial charge >= 0.3 is 7.80 Å². The van der Waals surface area contributed by atoms with E-state index in [1.54, 1.807) is 12.1 Å². The van der Waals surface area contributed by atoms with Crippen molar-refractivity contribution in [2.45, 2.75) is 0 Å². The normalized spacial score (nSPS) is 11.3. The lowest BCUT2D eigenvalue weighted by molar-refractivity contribution is 0.593. The van der Waals surface area contributed by atoms with Gasteiger partial charge < -0.3 is 0 Å². The molecule has 0 fully saturated rings. The van der Waals surface area contributed by atoms with Gasteiger partial charge in [0.25, 0.3) is 0 Å². The fourth-order valence-corrected chi connectivity index (χ4v) is 2.36. The Morgan fingerprint density at radius 1 is 1.50 bits per heavy atom. The Kier molecular flexibility index (Phi) is 3.70. The summed E-state index contributed by atoms with van der Waals surface area (Å²) in [7, 11) is -1.46. The number of rotatable bonds is 3. The Bertz CT molecular complexity index is 290. The Hall–Kier alpha value is -0.400. The Morgan fingerprint density at radius 2 is 2.25 bits per heavy atom. The number of halogens is 1. The monoisotopic (exact) mass is 203 g/mol. The predicted octanol–water partition coefficient (Wildman–Crippen LogP) is 2.21. The summed E-state index contributed by atoms with van der Waals surface area (Å²) in [5.74, 6) is 0.223. The number of hydrogen-bond acceptors (Lipinski definition) is 2. The van der Waals surface area contributed by atoms with Crippen molar-refractivity contribution in [2.24, 2.45) is 0 Å². The van der Waals surface area contributed by atoms with Crippen LogP contribution in [0.2, 0.25) is 0 Å². The molecule has 0 N–H and O–H groups in total. The van der Waals surface area contributed by atoms with Gasteiger partial charge in [0.15, 0.2) is 11.5 Å². The second-order valence-electron chi connectivity index (χ2n) is 2.31. The van der Waals surface area contributed by atoms with E-state index in [-0.39, 0.29) is 5.82 Å². The van der Waals surface area contributed by atoms with Crippen LogP contribution >= 0.6 is 20.4 Å². The molecule has 0 amide bonds. The highest BCUT2D eigenvalue weighted by Gasteiger charge is 2.17. The molecule has 0 aliphatic carbocycles. The molecule has 0 aromatic heterocycles. The molecule has 0 bridgehead atoms. The molecule has 12 heavy (non-hydrogen) atoms. The van der Waals surface area contributed by atoms with Crippen LogP contribution in [0.4, 0.5) is 4.39 Å². The molecular weight excluding hydrogens is 194 g/mol. The third kappa shape index (κ3) is 2.58. The molecule has 0 aliphatic heterocycles. The largest absolute Gasteiger partial charge is 0.377 e. The van der Waals surface area contributed by atoms with Crippen molar-refractivity contribution in [3.8, 4) is 0 Å². The van der Waals surface area contributed by atoms with Gasteiger partial charge in [-0.3, -0.25) is 0 Å². The zero-order chi connectivity index (χ0) is 8.97. The number of benzene rings is 1. The zero-order valence-corrected chi connectivity index (χ0v) is 8.19. The van der Waals surface area contributed by atoms with Crippen molar-refractivity contribution in [3.63, 3.8) is 0 Å². The van der Waals surface area contributed by atoms with E-state index in [1.165, 1.54) is 12.1 Å². The highest BCUT2D eigenvalue weighted by molar-refractivity contribution is 7.80. The Labute approximate surface area is 77.2 Å². The quantitative estimate of drug-likeness (QED) is 0.588. The number of thiol groups is 1. The SMILES string of the molecule is O=[P+](CCS)c1cccc(F)c1. The fraction of sp³-hybridized carbons (Fsp3) is 0.250. The van der Waals surface area contributed by atoms with E-state index < -0.39 is 7.80 Å². The van der Waals surface area contributed by atoms with Gasteiger partial charge in [0.2, 0.25) is 0 Å². The Balaban J connectivity index is 2.81. The minimum absolute atomic E-state index is 0.338. The van der Waals surface area contributed by atoms with Crippen LogP contribution < -0.4 is 5.30 Å². The van der Waals surface area contributed by atoms with E-state index >= 15 is 0 Å². The third-order valence-corrected chi connectivity index (χ3v) is 3.46. The lowest BCUT2D eigenvalue weighted by atomic mass is 10.4. The van der Waals surface area contributed by atoms with Gasteiger partial charge in [-0.25, -0.2) is 4.39 Å². The van der Waals surface area contributed by atoms with E-state index in [4.69, 9.17) is 0 Å². The maximum absolute atomic E-state index is 12.6. The van der Waals surface area contributed by atoms with Crippen LogP contribution in [0.25, 0.3) is 0 Å². The van der Waals surface area contributed by atoms with Crippen LogP contribution in [0.3, 0.4) is 0 Å². The summed E-state index contributed by atoms with van der Waals surface area (Å²) < 4.78 is 23.9. The van der Waals surface area contributed by atoms with Gasteiger partial charge in [-0.1, -0.05) is 10.6 Å². The van der Waals surface area contributed by atoms with Crippen LogP contribution in [0.5, 0.6) is 0 Å². The third-order valence-electron chi connectivity index (χ3n) is 1.40. The molecule has 64 valence electrons. The van der Waals surface area contributed by atoms with Gasteiger partial charge in [-0.05, 0) is 12.1 Å². The lowest BCUT2D eigenvalue weighted by Crippen LogP contribution is -1.99. The van der Waals surface area contributed by atoms with Crippen molar-refractivity contribution < 1.29 is 8.96 Å². The summed E-state index contributed by atoms with van der Waals surface area (Å²) in [5, 5.41) is 0.569. The van der Waals surface area contributed by atoms with E-state index in [9.17, 15) is 8.96 Å². The van der Waals surface area contributed by atoms with Crippen molar-refractivity contribution in [1.29, 1.82) is 0 Å². The molecule has 0 saturated carbocycles. The molecule has 0 heterocycles. The van der Waals surface area contributed by atoms with Crippen LogP contribution in [0.15, 0.2) is 24.3 Å². The first kappa shape index (κ1) is 9.69. The average Bonchev–Trinajstić information content (AvgIpc) is 2.05. The van der Waals surface area contributed by atoms with Crippen molar-refractivity contribution in [2.75, 3.05) is 11.9 Å². The molecule has 1 unspecified atom stereocenters. The summed E-state index contributed by atoms with van der Waals surface area (Å²) in [6.07, 6.45) is 0.502. The van der Waals surface area contributed by atoms with E-state index in [1.807, 2.05) is 0 Å². The first-order valence-electron chi connectivity index (χ1n) is 3.55. The molecule has 1 nitrogen and oxygen atoms in total. The van der Waals surface area contributed by atoms with E-state index in [2.05, 4.69) is 12.6 Å². The highest BCUT2D eigenvalue weighted by Crippen LogP contribution is 2.19.